The first-order valence-corrected chi connectivity index (χ1v) is 9.99. The van der Waals surface area contributed by atoms with Crippen molar-refractivity contribution in [3.05, 3.63) is 58.7 Å². The van der Waals surface area contributed by atoms with E-state index in [1.165, 1.54) is 11.3 Å². The first kappa shape index (κ1) is 19.1. The summed E-state index contributed by atoms with van der Waals surface area (Å²) in [5, 5.41) is 12.6. The van der Waals surface area contributed by atoms with Gasteiger partial charge in [-0.05, 0) is 42.8 Å². The Morgan fingerprint density at radius 1 is 1.14 bits per heavy atom. The van der Waals surface area contributed by atoms with Crippen molar-refractivity contribution in [1.82, 2.24) is 9.88 Å². The van der Waals surface area contributed by atoms with E-state index in [9.17, 15) is 5.11 Å². The van der Waals surface area contributed by atoms with Crippen molar-refractivity contribution in [3.63, 3.8) is 0 Å². The van der Waals surface area contributed by atoms with Crippen LogP contribution in [0.2, 0.25) is 5.02 Å². The molecule has 0 saturated carbocycles. The molecule has 0 bridgehead atoms. The quantitative estimate of drug-likeness (QED) is 0.681. The molecule has 1 aliphatic heterocycles. The van der Waals surface area contributed by atoms with Crippen LogP contribution in [-0.2, 0) is 0 Å². The van der Waals surface area contributed by atoms with Crippen molar-refractivity contribution in [2.45, 2.75) is 13.0 Å². The smallest absolute Gasteiger partial charge is 0.119 e. The maximum absolute atomic E-state index is 10.9. The summed E-state index contributed by atoms with van der Waals surface area (Å²) in [6.45, 7) is 6.41. The van der Waals surface area contributed by atoms with Crippen LogP contribution in [0.3, 0.4) is 0 Å². The number of benzene rings is 2. The molecule has 148 valence electrons. The Bertz CT molecular complexity index is 964. The monoisotopic (exact) mass is 399 g/mol. The Hall–Kier alpha value is -2.21. The van der Waals surface area contributed by atoms with E-state index in [2.05, 4.69) is 27.8 Å². The number of β-amino-alcohol motifs (C(OH)–C–C–N with tert-alkyl or cyclic N) is 1. The Kier molecular flexibility index (Phi) is 5.49. The van der Waals surface area contributed by atoms with Crippen LogP contribution in [0.5, 0.6) is 5.75 Å². The van der Waals surface area contributed by atoms with E-state index in [1.807, 2.05) is 36.5 Å². The van der Waals surface area contributed by atoms with Crippen LogP contribution in [0.1, 0.15) is 17.2 Å². The van der Waals surface area contributed by atoms with Gasteiger partial charge < -0.3 is 19.7 Å². The summed E-state index contributed by atoms with van der Waals surface area (Å²) in [6, 6.07) is 11.9. The molecular formula is C22H26ClN3O2. The number of piperazine rings is 1. The zero-order valence-electron chi connectivity index (χ0n) is 16.3. The molecule has 6 heteroatoms. The maximum Gasteiger partial charge on any atom is 0.119 e. The molecule has 3 aromatic rings. The molecule has 2 N–H and O–H groups in total. The molecule has 0 amide bonds. The van der Waals surface area contributed by atoms with Gasteiger partial charge in [0.05, 0.1) is 13.2 Å². The van der Waals surface area contributed by atoms with Crippen LogP contribution in [0.4, 0.5) is 5.69 Å². The van der Waals surface area contributed by atoms with Crippen molar-refractivity contribution in [3.8, 4) is 5.75 Å². The summed E-state index contributed by atoms with van der Waals surface area (Å²) < 4.78 is 5.33. The minimum atomic E-state index is -0.541. The summed E-state index contributed by atoms with van der Waals surface area (Å²) in [7, 11) is 1.66. The zero-order chi connectivity index (χ0) is 19.7. The lowest BCUT2D eigenvalue weighted by Crippen LogP contribution is -2.47. The fourth-order valence-corrected chi connectivity index (χ4v) is 4.13. The average Bonchev–Trinajstić information content (AvgIpc) is 3.13. The molecule has 1 aliphatic rings. The predicted octanol–water partition coefficient (Wildman–Crippen LogP) is 3.99. The van der Waals surface area contributed by atoms with Crippen molar-refractivity contribution in [2.24, 2.45) is 0 Å². The Morgan fingerprint density at radius 3 is 2.68 bits per heavy atom. The van der Waals surface area contributed by atoms with E-state index < -0.39 is 6.10 Å². The number of hydrogen-bond acceptors (Lipinski definition) is 4. The SMILES string of the molecule is COc1ccc2[nH]cc(C(O)CN3CCN(c4cc(Cl)ccc4C)CC3)c2c1. The molecule has 0 aliphatic carbocycles. The Morgan fingerprint density at radius 2 is 1.93 bits per heavy atom. The lowest BCUT2D eigenvalue weighted by molar-refractivity contribution is 0.110. The number of fused-ring (bicyclic) bond motifs is 1. The van der Waals surface area contributed by atoms with Crippen LogP contribution in [0.25, 0.3) is 10.9 Å². The number of methoxy groups -OCH3 is 1. The molecule has 1 atom stereocenters. The number of aliphatic hydroxyl groups is 1. The molecule has 5 nitrogen and oxygen atoms in total. The van der Waals surface area contributed by atoms with Crippen LogP contribution < -0.4 is 9.64 Å². The molecule has 2 aromatic carbocycles. The van der Waals surface area contributed by atoms with Crippen LogP contribution in [0.15, 0.2) is 42.6 Å². The molecule has 1 aromatic heterocycles. The number of aromatic nitrogens is 1. The van der Waals surface area contributed by atoms with Crippen molar-refractivity contribution in [2.75, 3.05) is 44.7 Å². The number of aryl methyl sites for hydroxylation is 1. The number of H-pyrrole nitrogens is 1. The van der Waals surface area contributed by atoms with Gasteiger partial charge in [-0.3, -0.25) is 4.90 Å². The average molecular weight is 400 g/mol. The standard InChI is InChI=1S/C22H26ClN3O2/c1-15-3-4-16(23)11-21(15)26-9-7-25(8-10-26)14-22(27)19-13-24-20-6-5-17(28-2)12-18(19)20/h3-6,11-13,22,24,27H,7-10,14H2,1-2H3. The van der Waals surface area contributed by atoms with Crippen molar-refractivity contribution >= 4 is 28.2 Å². The maximum atomic E-state index is 10.9. The number of aliphatic hydroxyl groups excluding tert-OH is 1. The number of anilines is 1. The molecule has 4 rings (SSSR count). The highest BCUT2D eigenvalue weighted by Crippen LogP contribution is 2.29. The van der Waals surface area contributed by atoms with Gasteiger partial charge in [-0.1, -0.05) is 17.7 Å². The van der Waals surface area contributed by atoms with E-state index in [-0.39, 0.29) is 0 Å². The number of aromatic amines is 1. The van der Waals surface area contributed by atoms with E-state index in [4.69, 9.17) is 16.3 Å². The highest BCUT2D eigenvalue weighted by molar-refractivity contribution is 6.30. The number of nitrogens with one attached hydrogen (secondary N) is 1. The minimum Gasteiger partial charge on any atom is -0.497 e. The second-order valence-corrected chi connectivity index (χ2v) is 7.83. The molecule has 1 unspecified atom stereocenters. The molecule has 2 heterocycles. The van der Waals surface area contributed by atoms with Gasteiger partial charge >= 0.3 is 0 Å². The highest BCUT2D eigenvalue weighted by Gasteiger charge is 2.22. The van der Waals surface area contributed by atoms with E-state index >= 15 is 0 Å². The first-order valence-electron chi connectivity index (χ1n) is 9.61. The number of ether oxygens (including phenoxy) is 1. The van der Waals surface area contributed by atoms with Crippen molar-refractivity contribution < 1.29 is 9.84 Å². The van der Waals surface area contributed by atoms with Gasteiger partial charge in [0.25, 0.3) is 0 Å². The fourth-order valence-electron chi connectivity index (χ4n) is 3.96. The Labute approximate surface area is 170 Å². The lowest BCUT2D eigenvalue weighted by Gasteiger charge is -2.37. The second kappa shape index (κ2) is 8.03. The second-order valence-electron chi connectivity index (χ2n) is 7.39. The number of rotatable bonds is 5. The summed E-state index contributed by atoms with van der Waals surface area (Å²) in [6.07, 6.45) is 1.36. The molecule has 1 saturated heterocycles. The van der Waals surface area contributed by atoms with Gasteiger partial charge in [0.2, 0.25) is 0 Å². The van der Waals surface area contributed by atoms with Gasteiger partial charge in [0.1, 0.15) is 5.75 Å². The summed E-state index contributed by atoms with van der Waals surface area (Å²) in [5.41, 5.74) is 4.38. The predicted molar refractivity (Wildman–Crippen MR) is 115 cm³/mol. The number of hydrogen-bond donors (Lipinski definition) is 2. The van der Waals surface area contributed by atoms with Crippen LogP contribution >= 0.6 is 11.6 Å². The molecular weight excluding hydrogens is 374 g/mol. The largest absolute Gasteiger partial charge is 0.497 e. The summed E-state index contributed by atoms with van der Waals surface area (Å²) >= 11 is 6.18. The summed E-state index contributed by atoms with van der Waals surface area (Å²) in [5.74, 6) is 0.797. The summed E-state index contributed by atoms with van der Waals surface area (Å²) in [4.78, 5) is 7.94. The number of halogens is 1. The normalized spacial score (nSPS) is 16.5. The fraction of sp³-hybridized carbons (Fsp3) is 0.364. The van der Waals surface area contributed by atoms with E-state index in [1.54, 1.807) is 7.11 Å². The zero-order valence-corrected chi connectivity index (χ0v) is 17.0. The van der Waals surface area contributed by atoms with Gasteiger partial charge in [-0.25, -0.2) is 0 Å². The third-order valence-corrected chi connectivity index (χ3v) is 5.83. The van der Waals surface area contributed by atoms with Gasteiger partial charge in [-0.15, -0.1) is 0 Å². The minimum absolute atomic E-state index is 0.541. The third kappa shape index (κ3) is 3.83. The highest BCUT2D eigenvalue weighted by atomic mass is 35.5. The van der Waals surface area contributed by atoms with Gasteiger partial charge in [0, 0.05) is 66.1 Å². The first-order chi connectivity index (χ1) is 13.5. The van der Waals surface area contributed by atoms with Crippen molar-refractivity contribution in [1.29, 1.82) is 0 Å². The van der Waals surface area contributed by atoms with Crippen LogP contribution in [-0.4, -0.2) is 54.8 Å². The number of nitrogens with zero attached hydrogens (tertiary/aromatic N) is 2. The Balaban J connectivity index is 1.41. The lowest BCUT2D eigenvalue weighted by atomic mass is 10.1. The van der Waals surface area contributed by atoms with Crippen LogP contribution in [0, 0.1) is 6.92 Å². The molecule has 0 spiro atoms. The van der Waals surface area contributed by atoms with E-state index in [0.29, 0.717) is 6.54 Å². The van der Waals surface area contributed by atoms with Gasteiger partial charge in [-0.2, -0.15) is 0 Å². The van der Waals surface area contributed by atoms with E-state index in [0.717, 1.165) is 53.4 Å². The third-order valence-electron chi connectivity index (χ3n) is 5.60. The van der Waals surface area contributed by atoms with Gasteiger partial charge in [0.15, 0.2) is 0 Å². The molecule has 0 radical (unpaired) electrons. The molecule has 28 heavy (non-hydrogen) atoms. The topological polar surface area (TPSA) is 51.7 Å². The molecule has 1 fully saturated rings.